The first kappa shape index (κ1) is 23.2. The largest absolute Gasteiger partial charge is 0.493 e. The van der Waals surface area contributed by atoms with Crippen molar-refractivity contribution in [3.63, 3.8) is 0 Å². The lowest BCUT2D eigenvalue weighted by atomic mass is 10.2. The van der Waals surface area contributed by atoms with Gasteiger partial charge in [0.2, 0.25) is 0 Å². The molecule has 0 atom stereocenters. The Balaban J connectivity index is 1.96. The molecule has 0 saturated heterocycles. The molecule has 0 aliphatic heterocycles. The zero-order valence-corrected chi connectivity index (χ0v) is 18.8. The summed E-state index contributed by atoms with van der Waals surface area (Å²) < 4.78 is 19.1. The van der Waals surface area contributed by atoms with Crippen molar-refractivity contribution in [2.24, 2.45) is 4.99 Å². The lowest BCUT2D eigenvalue weighted by Gasteiger charge is -2.09. The van der Waals surface area contributed by atoms with Crippen LogP contribution in [0.2, 0.25) is 0 Å². The van der Waals surface area contributed by atoms with Gasteiger partial charge in [0, 0.05) is 43.5 Å². The SMILES string of the molecule is CCOCCn1c(=NC(=O)C=Cc2ccc([N+](=O)[O-])cc2)sc2cc(OC)c(OC)cc21. The number of amides is 1. The zero-order valence-electron chi connectivity index (χ0n) is 17.9. The third kappa shape index (κ3) is 5.40. The molecule has 0 aliphatic rings. The van der Waals surface area contributed by atoms with Crippen LogP contribution in [0.4, 0.5) is 5.69 Å². The summed E-state index contributed by atoms with van der Waals surface area (Å²) in [6.07, 6.45) is 2.90. The Kier molecular flexibility index (Phi) is 7.74. The van der Waals surface area contributed by atoms with E-state index in [4.69, 9.17) is 14.2 Å². The molecule has 0 radical (unpaired) electrons. The number of nitro benzene ring substituents is 1. The highest BCUT2D eigenvalue weighted by atomic mass is 32.1. The van der Waals surface area contributed by atoms with E-state index in [-0.39, 0.29) is 5.69 Å². The van der Waals surface area contributed by atoms with Gasteiger partial charge in [0.25, 0.3) is 11.6 Å². The van der Waals surface area contributed by atoms with Gasteiger partial charge in [-0.05, 0) is 30.7 Å². The second-order valence-corrected chi connectivity index (χ2v) is 7.55. The van der Waals surface area contributed by atoms with Crippen LogP contribution in [0, 0.1) is 10.1 Å². The van der Waals surface area contributed by atoms with Crippen LogP contribution in [-0.2, 0) is 16.1 Å². The van der Waals surface area contributed by atoms with Gasteiger partial charge in [0.1, 0.15) is 0 Å². The molecule has 0 N–H and O–H groups in total. The lowest BCUT2D eigenvalue weighted by molar-refractivity contribution is -0.384. The summed E-state index contributed by atoms with van der Waals surface area (Å²) in [6, 6.07) is 9.62. The molecule has 0 bridgehead atoms. The molecule has 9 nitrogen and oxygen atoms in total. The molecule has 1 aromatic heterocycles. The molecule has 32 heavy (non-hydrogen) atoms. The maximum atomic E-state index is 12.5. The van der Waals surface area contributed by atoms with Crippen LogP contribution in [-0.4, -0.2) is 42.8 Å². The van der Waals surface area contributed by atoms with Crippen molar-refractivity contribution in [1.29, 1.82) is 0 Å². The van der Waals surface area contributed by atoms with Crippen molar-refractivity contribution in [1.82, 2.24) is 4.57 Å². The van der Waals surface area contributed by atoms with Gasteiger partial charge in [-0.1, -0.05) is 11.3 Å². The van der Waals surface area contributed by atoms with E-state index in [2.05, 4.69) is 4.99 Å². The van der Waals surface area contributed by atoms with E-state index in [0.717, 1.165) is 10.2 Å². The zero-order chi connectivity index (χ0) is 23.1. The van der Waals surface area contributed by atoms with Crippen molar-refractivity contribution in [2.75, 3.05) is 27.4 Å². The minimum absolute atomic E-state index is 0.00960. The maximum absolute atomic E-state index is 12.5. The minimum Gasteiger partial charge on any atom is -0.493 e. The van der Waals surface area contributed by atoms with E-state index >= 15 is 0 Å². The number of benzene rings is 2. The first-order valence-electron chi connectivity index (χ1n) is 9.81. The molecule has 0 spiro atoms. The summed E-state index contributed by atoms with van der Waals surface area (Å²) >= 11 is 1.36. The highest BCUT2D eigenvalue weighted by molar-refractivity contribution is 7.16. The van der Waals surface area contributed by atoms with Crippen LogP contribution in [0.5, 0.6) is 11.5 Å². The number of methoxy groups -OCH3 is 2. The van der Waals surface area contributed by atoms with Gasteiger partial charge in [-0.3, -0.25) is 14.9 Å². The molecule has 2 aromatic carbocycles. The van der Waals surface area contributed by atoms with Gasteiger partial charge < -0.3 is 18.8 Å². The topological polar surface area (TPSA) is 105 Å². The number of non-ortho nitro benzene ring substituents is 1. The Labute approximate surface area is 188 Å². The number of hydrogen-bond acceptors (Lipinski definition) is 7. The van der Waals surface area contributed by atoms with Gasteiger partial charge in [-0.15, -0.1) is 0 Å². The fourth-order valence-corrected chi connectivity index (χ4v) is 4.08. The summed E-state index contributed by atoms with van der Waals surface area (Å²) in [7, 11) is 3.14. The molecular weight excluding hydrogens is 434 g/mol. The Hall–Kier alpha value is -3.50. The maximum Gasteiger partial charge on any atom is 0.272 e. The molecule has 1 amide bonds. The highest BCUT2D eigenvalue weighted by Crippen LogP contribution is 2.33. The number of thiazole rings is 1. The fourth-order valence-electron chi connectivity index (χ4n) is 3.00. The number of nitrogens with zero attached hydrogens (tertiary/aromatic N) is 3. The third-order valence-corrected chi connectivity index (χ3v) is 5.62. The molecule has 3 rings (SSSR count). The molecule has 10 heteroatoms. The second kappa shape index (κ2) is 10.7. The van der Waals surface area contributed by atoms with Crippen molar-refractivity contribution >= 4 is 39.2 Å². The Bertz CT molecular complexity index is 1210. The van der Waals surface area contributed by atoms with E-state index in [1.54, 1.807) is 32.4 Å². The van der Waals surface area contributed by atoms with E-state index in [1.807, 2.05) is 23.6 Å². The summed E-state index contributed by atoms with van der Waals surface area (Å²) in [5, 5.41) is 10.8. The van der Waals surface area contributed by atoms with Crippen LogP contribution in [0.3, 0.4) is 0 Å². The summed E-state index contributed by atoms with van der Waals surface area (Å²) in [6.45, 7) is 3.49. The number of carbonyl (C=O) groups is 1. The smallest absolute Gasteiger partial charge is 0.272 e. The first-order chi connectivity index (χ1) is 15.5. The fraction of sp³-hybridized carbons (Fsp3) is 0.273. The van der Waals surface area contributed by atoms with Gasteiger partial charge in [0.15, 0.2) is 16.3 Å². The number of nitro groups is 1. The van der Waals surface area contributed by atoms with Crippen LogP contribution < -0.4 is 14.3 Å². The van der Waals surface area contributed by atoms with Crippen LogP contribution in [0.1, 0.15) is 12.5 Å². The highest BCUT2D eigenvalue weighted by Gasteiger charge is 2.13. The molecule has 0 saturated carbocycles. The molecule has 0 unspecified atom stereocenters. The molecule has 3 aromatic rings. The average molecular weight is 458 g/mol. The molecule has 168 valence electrons. The number of hydrogen-bond donors (Lipinski definition) is 0. The summed E-state index contributed by atoms with van der Waals surface area (Å²) in [4.78, 5) is 27.6. The first-order valence-corrected chi connectivity index (χ1v) is 10.6. The third-order valence-electron chi connectivity index (χ3n) is 4.58. The second-order valence-electron chi connectivity index (χ2n) is 6.54. The Morgan fingerprint density at radius 2 is 1.88 bits per heavy atom. The van der Waals surface area contributed by atoms with E-state index in [1.165, 1.54) is 29.5 Å². The van der Waals surface area contributed by atoms with Crippen molar-refractivity contribution in [3.8, 4) is 11.5 Å². The van der Waals surface area contributed by atoms with Crippen molar-refractivity contribution < 1.29 is 23.9 Å². The van der Waals surface area contributed by atoms with E-state index in [9.17, 15) is 14.9 Å². The van der Waals surface area contributed by atoms with Gasteiger partial charge >= 0.3 is 0 Å². The minimum atomic E-state index is -0.472. The van der Waals surface area contributed by atoms with Gasteiger partial charge in [0.05, 0.1) is 36.0 Å². The number of ether oxygens (including phenoxy) is 3. The quantitative estimate of drug-likeness (QED) is 0.209. The molecular formula is C22H23N3O6S. The van der Waals surface area contributed by atoms with Gasteiger partial charge in [-0.2, -0.15) is 4.99 Å². The van der Waals surface area contributed by atoms with E-state index in [0.29, 0.717) is 41.6 Å². The normalized spacial score (nSPS) is 11.9. The predicted molar refractivity (Wildman–Crippen MR) is 122 cm³/mol. The van der Waals surface area contributed by atoms with Crippen LogP contribution in [0.15, 0.2) is 47.5 Å². The number of carbonyl (C=O) groups excluding carboxylic acids is 1. The summed E-state index contributed by atoms with van der Waals surface area (Å²) in [5.41, 5.74) is 1.51. The molecule has 0 fully saturated rings. The van der Waals surface area contributed by atoms with Gasteiger partial charge in [-0.25, -0.2) is 0 Å². The number of fused-ring (bicyclic) bond motifs is 1. The number of aromatic nitrogens is 1. The lowest BCUT2D eigenvalue weighted by Crippen LogP contribution is -2.19. The van der Waals surface area contributed by atoms with Crippen molar-refractivity contribution in [3.05, 3.63) is 63.0 Å². The standard InChI is InChI=1S/C22H23N3O6S/c1-4-31-12-11-24-17-13-18(29-2)19(30-3)14-20(17)32-22(24)23-21(26)10-7-15-5-8-16(9-6-15)25(27)28/h5-10,13-14H,4,11-12H2,1-3H3. The van der Waals surface area contributed by atoms with E-state index < -0.39 is 10.8 Å². The van der Waals surface area contributed by atoms with Crippen LogP contribution in [0.25, 0.3) is 16.3 Å². The Morgan fingerprint density at radius 1 is 1.19 bits per heavy atom. The molecule has 1 heterocycles. The Morgan fingerprint density at radius 3 is 2.50 bits per heavy atom. The number of rotatable bonds is 9. The monoisotopic (exact) mass is 457 g/mol. The summed E-state index contributed by atoms with van der Waals surface area (Å²) in [5.74, 6) is 0.729. The average Bonchev–Trinajstić information content (AvgIpc) is 3.12. The predicted octanol–water partition coefficient (Wildman–Crippen LogP) is 3.81. The molecule has 0 aliphatic carbocycles. The van der Waals surface area contributed by atoms with Crippen LogP contribution >= 0.6 is 11.3 Å². The van der Waals surface area contributed by atoms with Crippen molar-refractivity contribution in [2.45, 2.75) is 13.5 Å².